The van der Waals surface area contributed by atoms with Crippen molar-refractivity contribution in [2.45, 2.75) is 36.4 Å². The molecule has 9 heteroatoms. The first kappa shape index (κ1) is 25.2. The molecular weight excluding hydrogens is 490 g/mol. The van der Waals surface area contributed by atoms with Crippen LogP contribution in [-0.2, 0) is 11.2 Å². The second kappa shape index (κ2) is 12.2. The number of halogens is 1. The Bertz CT molecular complexity index is 1100. The molecule has 1 saturated heterocycles. The van der Waals surface area contributed by atoms with Gasteiger partial charge in [-0.25, -0.2) is 4.98 Å². The van der Waals surface area contributed by atoms with Crippen LogP contribution in [0.1, 0.15) is 31.2 Å². The highest BCUT2D eigenvalue weighted by molar-refractivity contribution is 8.01. The topological polar surface area (TPSA) is 75.5 Å². The molecule has 1 fully saturated rings. The number of benzene rings is 1. The zero-order valence-corrected chi connectivity index (χ0v) is 21.7. The molecule has 3 aromatic rings. The van der Waals surface area contributed by atoms with Gasteiger partial charge in [-0.05, 0) is 67.8 Å². The summed E-state index contributed by atoms with van der Waals surface area (Å²) >= 11 is 9.97. The Kier molecular flexibility index (Phi) is 9.05. The van der Waals surface area contributed by atoms with Gasteiger partial charge in [0, 0.05) is 48.4 Å². The Morgan fingerprint density at radius 3 is 3.00 bits per heavy atom. The summed E-state index contributed by atoms with van der Waals surface area (Å²) in [5.41, 5.74) is 2.00. The second-order valence-electron chi connectivity index (χ2n) is 8.71. The van der Waals surface area contributed by atoms with Gasteiger partial charge in [-0.3, -0.25) is 9.78 Å². The van der Waals surface area contributed by atoms with Crippen molar-refractivity contribution >= 4 is 51.6 Å². The third-order valence-corrected chi connectivity index (χ3v) is 8.86. The summed E-state index contributed by atoms with van der Waals surface area (Å²) in [5, 5.41) is 13.2. The Morgan fingerprint density at radius 1 is 1.35 bits per heavy atom. The van der Waals surface area contributed by atoms with Crippen LogP contribution in [0.5, 0.6) is 5.75 Å². The average molecular weight is 520 g/mol. The Balaban J connectivity index is 1.34. The number of hydrogen-bond acceptors (Lipinski definition) is 7. The molecule has 1 aliphatic rings. The van der Waals surface area contributed by atoms with Gasteiger partial charge in [-0.15, -0.1) is 11.3 Å². The van der Waals surface area contributed by atoms with E-state index in [-0.39, 0.29) is 12.3 Å². The number of carbonyl (C=O) groups is 1. The number of fused-ring (bicyclic) bond motifs is 1. The summed E-state index contributed by atoms with van der Waals surface area (Å²) < 4.78 is 6.49. The number of nitrogens with zero attached hydrogens (tertiary/aromatic N) is 3. The maximum Gasteiger partial charge on any atom is 0.303 e. The number of thiazole rings is 1. The summed E-state index contributed by atoms with van der Waals surface area (Å²) in [7, 11) is 1.66. The Morgan fingerprint density at radius 2 is 2.24 bits per heavy atom. The van der Waals surface area contributed by atoms with Crippen molar-refractivity contribution in [1.29, 1.82) is 0 Å². The average Bonchev–Trinajstić information content (AvgIpc) is 3.34. The van der Waals surface area contributed by atoms with Gasteiger partial charge in [0.2, 0.25) is 0 Å². The van der Waals surface area contributed by atoms with E-state index in [9.17, 15) is 9.90 Å². The van der Waals surface area contributed by atoms with E-state index in [0.717, 1.165) is 77.6 Å². The Hall–Kier alpha value is -1.87. The highest BCUT2D eigenvalue weighted by Crippen LogP contribution is 2.33. The first-order valence-corrected chi connectivity index (χ1v) is 13.9. The summed E-state index contributed by atoms with van der Waals surface area (Å²) in [6, 6.07) is 5.87. The van der Waals surface area contributed by atoms with Crippen molar-refractivity contribution < 1.29 is 14.6 Å². The number of methoxy groups -OCH3 is 1. The van der Waals surface area contributed by atoms with E-state index in [1.54, 1.807) is 36.4 Å². The van der Waals surface area contributed by atoms with Gasteiger partial charge in [-0.1, -0.05) is 23.4 Å². The third-order valence-electron chi connectivity index (χ3n) is 6.59. The van der Waals surface area contributed by atoms with Crippen LogP contribution in [0.2, 0.25) is 5.02 Å². The number of ether oxygens (including phenoxy) is 1. The van der Waals surface area contributed by atoms with Crippen LogP contribution in [0, 0.1) is 11.8 Å². The number of hydrogen-bond donors (Lipinski definition) is 1. The monoisotopic (exact) mass is 519 g/mol. The van der Waals surface area contributed by atoms with Gasteiger partial charge in [0.05, 0.1) is 17.6 Å². The smallest absolute Gasteiger partial charge is 0.303 e. The molecule has 3 heterocycles. The van der Waals surface area contributed by atoms with E-state index in [1.807, 2.05) is 29.8 Å². The van der Waals surface area contributed by atoms with Gasteiger partial charge in [0.25, 0.3) is 0 Å². The number of rotatable bonds is 11. The van der Waals surface area contributed by atoms with E-state index in [1.165, 1.54) is 0 Å². The molecule has 6 nitrogen and oxygen atoms in total. The summed E-state index contributed by atoms with van der Waals surface area (Å²) in [6.45, 7) is 2.84. The molecule has 1 N–H and O–H groups in total. The molecule has 34 heavy (non-hydrogen) atoms. The van der Waals surface area contributed by atoms with E-state index >= 15 is 0 Å². The van der Waals surface area contributed by atoms with Crippen LogP contribution in [0.25, 0.3) is 10.9 Å². The Labute approximate surface area is 213 Å². The van der Waals surface area contributed by atoms with Crippen molar-refractivity contribution in [1.82, 2.24) is 14.9 Å². The fourth-order valence-electron chi connectivity index (χ4n) is 4.86. The molecule has 0 amide bonds. The van der Waals surface area contributed by atoms with Gasteiger partial charge in [0.1, 0.15) is 10.1 Å². The normalized spacial score (nSPS) is 18.9. The molecule has 0 spiro atoms. The van der Waals surface area contributed by atoms with E-state index in [0.29, 0.717) is 10.9 Å². The largest absolute Gasteiger partial charge is 0.497 e. The molecule has 0 bridgehead atoms. The summed E-state index contributed by atoms with van der Waals surface area (Å²) in [4.78, 5) is 22.8. The maximum absolute atomic E-state index is 11.6. The van der Waals surface area contributed by atoms with E-state index in [2.05, 4.69) is 14.9 Å². The highest BCUT2D eigenvalue weighted by Gasteiger charge is 2.30. The number of carboxylic acid groups (broad SMARTS) is 1. The van der Waals surface area contributed by atoms with Crippen LogP contribution in [0.3, 0.4) is 0 Å². The molecule has 1 aliphatic heterocycles. The predicted octanol–water partition coefficient (Wildman–Crippen LogP) is 5.88. The van der Waals surface area contributed by atoms with Crippen molar-refractivity contribution in [2.75, 3.05) is 32.5 Å². The lowest BCUT2D eigenvalue weighted by atomic mass is 9.80. The van der Waals surface area contributed by atoms with Crippen molar-refractivity contribution in [3.05, 3.63) is 46.6 Å². The predicted molar refractivity (Wildman–Crippen MR) is 139 cm³/mol. The first-order chi connectivity index (χ1) is 16.5. The lowest BCUT2D eigenvalue weighted by Crippen LogP contribution is -2.42. The first-order valence-electron chi connectivity index (χ1n) is 11.6. The van der Waals surface area contributed by atoms with Gasteiger partial charge in [-0.2, -0.15) is 0 Å². The van der Waals surface area contributed by atoms with Crippen LogP contribution < -0.4 is 4.74 Å². The zero-order chi connectivity index (χ0) is 23.9. The highest BCUT2D eigenvalue weighted by atomic mass is 35.5. The molecule has 2 atom stereocenters. The summed E-state index contributed by atoms with van der Waals surface area (Å²) in [6.07, 6.45) is 7.65. The molecule has 0 aliphatic carbocycles. The number of likely N-dealkylation sites (tertiary alicyclic amines) is 1. The van der Waals surface area contributed by atoms with Gasteiger partial charge < -0.3 is 14.7 Å². The minimum atomic E-state index is -0.704. The zero-order valence-electron chi connectivity index (χ0n) is 19.3. The number of aryl methyl sites for hydroxylation is 1. The molecule has 182 valence electrons. The number of pyridine rings is 1. The molecule has 2 aromatic heterocycles. The van der Waals surface area contributed by atoms with Gasteiger partial charge >= 0.3 is 5.97 Å². The van der Waals surface area contributed by atoms with E-state index in [4.69, 9.17) is 16.3 Å². The molecule has 1 aromatic carbocycles. The minimum absolute atomic E-state index is 0.181. The van der Waals surface area contributed by atoms with Crippen LogP contribution >= 0.6 is 34.7 Å². The van der Waals surface area contributed by atoms with E-state index < -0.39 is 5.97 Å². The summed E-state index contributed by atoms with van der Waals surface area (Å²) in [5.74, 6) is 1.67. The van der Waals surface area contributed by atoms with Crippen molar-refractivity contribution in [3.63, 3.8) is 0 Å². The second-order valence-corrected chi connectivity index (χ2v) is 11.4. The number of carboxylic acids is 1. The lowest BCUT2D eigenvalue weighted by molar-refractivity contribution is -0.139. The quantitative estimate of drug-likeness (QED) is 0.317. The minimum Gasteiger partial charge on any atom is -0.497 e. The number of aliphatic carboxylic acids is 1. The van der Waals surface area contributed by atoms with Crippen LogP contribution in [0.4, 0.5) is 0 Å². The number of thioether (sulfide) groups is 1. The van der Waals surface area contributed by atoms with Crippen LogP contribution in [0.15, 0.2) is 40.3 Å². The van der Waals surface area contributed by atoms with Crippen molar-refractivity contribution in [3.8, 4) is 5.75 Å². The standard InChI is InChI=1S/C25H30ClN3O3S2/c1-32-19-5-6-23-21(14-19)20(22(26)15-28-23)4-2-3-17-7-9-29(16-18(17)13-24(30)31)10-12-34-25-27-8-11-33-25/h5-6,8,11,14-15,17-18H,2-4,7,9-10,12-13,16H2,1H3,(H,30,31). The lowest BCUT2D eigenvalue weighted by Gasteiger charge is -2.38. The molecular formula is C25H30ClN3O3S2. The molecule has 0 radical (unpaired) electrons. The molecule has 4 rings (SSSR count). The number of piperidine rings is 1. The fraction of sp³-hybridized carbons (Fsp3) is 0.480. The number of aromatic nitrogens is 2. The van der Waals surface area contributed by atoms with Crippen LogP contribution in [-0.4, -0.2) is 58.4 Å². The van der Waals surface area contributed by atoms with Gasteiger partial charge in [0.15, 0.2) is 0 Å². The molecule has 2 unspecified atom stereocenters. The third kappa shape index (κ3) is 6.62. The van der Waals surface area contributed by atoms with Crippen molar-refractivity contribution in [2.24, 2.45) is 11.8 Å². The SMILES string of the molecule is COc1ccc2ncc(Cl)c(CCCC3CCN(CCSc4nccs4)CC3CC(=O)O)c2c1. The fourth-order valence-corrected chi connectivity index (χ4v) is 6.82. The maximum atomic E-state index is 11.6. The molecule has 0 saturated carbocycles.